The van der Waals surface area contributed by atoms with E-state index in [-0.39, 0.29) is 12.6 Å². The van der Waals surface area contributed by atoms with Crippen LogP contribution in [0.2, 0.25) is 0 Å². The summed E-state index contributed by atoms with van der Waals surface area (Å²) in [7, 11) is -4.54. The van der Waals surface area contributed by atoms with Crippen LogP contribution in [0.5, 0.6) is 0 Å². The van der Waals surface area contributed by atoms with Crippen molar-refractivity contribution in [2.45, 2.75) is 30.0 Å². The van der Waals surface area contributed by atoms with Crippen molar-refractivity contribution in [3.63, 3.8) is 0 Å². The number of halogens is 2. The molecular formula is C11H15F2NO3S. The van der Waals surface area contributed by atoms with Gasteiger partial charge in [0.2, 0.25) is 9.84 Å². The Morgan fingerprint density at radius 1 is 1.28 bits per heavy atom. The molecule has 0 aliphatic rings. The Morgan fingerprint density at radius 2 is 1.83 bits per heavy atom. The highest BCUT2D eigenvalue weighted by molar-refractivity contribution is 7.91. The fourth-order valence-corrected chi connectivity index (χ4v) is 2.08. The van der Waals surface area contributed by atoms with Crippen molar-refractivity contribution < 1.29 is 22.3 Å². The predicted molar refractivity (Wildman–Crippen MR) is 64.4 cm³/mol. The molecule has 1 rings (SSSR count). The number of nitrogens with one attached hydrogen (secondary N) is 1. The van der Waals surface area contributed by atoms with Crippen molar-refractivity contribution in [2.24, 2.45) is 0 Å². The van der Waals surface area contributed by atoms with Gasteiger partial charge < -0.3 is 10.4 Å². The molecule has 0 spiro atoms. The number of hydrogen-bond donors (Lipinski definition) is 2. The molecule has 0 amide bonds. The van der Waals surface area contributed by atoms with Gasteiger partial charge in [-0.1, -0.05) is 6.92 Å². The van der Waals surface area contributed by atoms with Crippen LogP contribution in [-0.4, -0.2) is 31.9 Å². The third-order valence-electron chi connectivity index (χ3n) is 2.50. The molecule has 0 radical (unpaired) electrons. The molecular weight excluding hydrogens is 264 g/mol. The lowest BCUT2D eigenvalue weighted by Crippen LogP contribution is -2.22. The summed E-state index contributed by atoms with van der Waals surface area (Å²) >= 11 is 0. The molecule has 1 aromatic carbocycles. The highest BCUT2D eigenvalue weighted by Crippen LogP contribution is 2.20. The molecule has 0 aromatic heterocycles. The van der Waals surface area contributed by atoms with E-state index in [1.165, 1.54) is 12.1 Å². The zero-order valence-electron chi connectivity index (χ0n) is 9.81. The fourth-order valence-electron chi connectivity index (χ4n) is 1.36. The van der Waals surface area contributed by atoms with E-state index in [0.717, 1.165) is 12.1 Å². The Kier molecular flexibility index (Phi) is 5.03. The average Bonchev–Trinajstić information content (AvgIpc) is 2.36. The van der Waals surface area contributed by atoms with Gasteiger partial charge in [-0.25, -0.2) is 8.42 Å². The van der Waals surface area contributed by atoms with Gasteiger partial charge in [-0.05, 0) is 30.7 Å². The van der Waals surface area contributed by atoms with Gasteiger partial charge in [0, 0.05) is 11.7 Å². The van der Waals surface area contributed by atoms with Crippen LogP contribution >= 0.6 is 0 Å². The topological polar surface area (TPSA) is 66.4 Å². The van der Waals surface area contributed by atoms with Crippen LogP contribution in [0.3, 0.4) is 0 Å². The SMILES string of the molecule is CCC(CO)Nc1ccc(S(=O)(=O)C(F)F)cc1. The molecule has 102 valence electrons. The van der Waals surface area contributed by atoms with Gasteiger partial charge >= 0.3 is 5.76 Å². The molecule has 0 fully saturated rings. The van der Waals surface area contributed by atoms with Gasteiger partial charge in [-0.3, -0.25) is 0 Å². The van der Waals surface area contributed by atoms with E-state index in [9.17, 15) is 17.2 Å². The normalized spacial score (nSPS) is 13.6. The Balaban J connectivity index is 2.87. The van der Waals surface area contributed by atoms with Gasteiger partial charge in [0.05, 0.1) is 11.5 Å². The molecule has 0 saturated heterocycles. The number of aliphatic hydroxyl groups is 1. The number of sulfone groups is 1. The lowest BCUT2D eigenvalue weighted by atomic mass is 10.2. The summed E-state index contributed by atoms with van der Waals surface area (Å²) in [6, 6.07) is 4.88. The van der Waals surface area contributed by atoms with E-state index in [1.807, 2.05) is 6.92 Å². The lowest BCUT2D eigenvalue weighted by molar-refractivity contribution is 0.234. The molecule has 1 aromatic rings. The predicted octanol–water partition coefficient (Wildman–Crippen LogP) is 1.87. The van der Waals surface area contributed by atoms with Crippen molar-refractivity contribution in [2.75, 3.05) is 11.9 Å². The van der Waals surface area contributed by atoms with E-state index in [1.54, 1.807) is 0 Å². The summed E-state index contributed by atoms with van der Waals surface area (Å²) < 4.78 is 46.9. The Morgan fingerprint density at radius 3 is 2.22 bits per heavy atom. The highest BCUT2D eigenvalue weighted by atomic mass is 32.2. The van der Waals surface area contributed by atoms with Crippen molar-refractivity contribution in [3.8, 4) is 0 Å². The number of benzene rings is 1. The molecule has 0 aliphatic carbocycles. The quantitative estimate of drug-likeness (QED) is 0.834. The summed E-state index contributed by atoms with van der Waals surface area (Å²) in [5.41, 5.74) is 0.573. The van der Waals surface area contributed by atoms with E-state index in [0.29, 0.717) is 12.1 Å². The lowest BCUT2D eigenvalue weighted by Gasteiger charge is -2.15. The smallest absolute Gasteiger partial charge is 0.341 e. The maximum Gasteiger partial charge on any atom is 0.341 e. The summed E-state index contributed by atoms with van der Waals surface area (Å²) in [6.45, 7) is 1.82. The van der Waals surface area contributed by atoms with Crippen LogP contribution < -0.4 is 5.32 Å². The first-order valence-electron chi connectivity index (χ1n) is 5.41. The maximum absolute atomic E-state index is 12.3. The first-order valence-corrected chi connectivity index (χ1v) is 6.96. The van der Waals surface area contributed by atoms with Gasteiger partial charge in [0.1, 0.15) is 0 Å². The largest absolute Gasteiger partial charge is 0.394 e. The monoisotopic (exact) mass is 279 g/mol. The second-order valence-corrected chi connectivity index (χ2v) is 5.68. The average molecular weight is 279 g/mol. The molecule has 0 saturated carbocycles. The maximum atomic E-state index is 12.3. The van der Waals surface area contributed by atoms with Crippen molar-refractivity contribution in [1.29, 1.82) is 0 Å². The van der Waals surface area contributed by atoms with Crippen LogP contribution in [0.4, 0.5) is 14.5 Å². The first kappa shape index (κ1) is 14.8. The Bertz CT molecular complexity index is 470. The second kappa shape index (κ2) is 6.10. The number of anilines is 1. The summed E-state index contributed by atoms with van der Waals surface area (Å²) in [6.07, 6.45) is 0.688. The molecule has 0 heterocycles. The van der Waals surface area contributed by atoms with Crippen molar-refractivity contribution >= 4 is 15.5 Å². The minimum atomic E-state index is -4.54. The van der Waals surface area contributed by atoms with Crippen LogP contribution in [0.1, 0.15) is 13.3 Å². The van der Waals surface area contributed by atoms with Gasteiger partial charge in [0.15, 0.2) is 0 Å². The second-order valence-electron chi connectivity index (χ2n) is 3.76. The Hall–Kier alpha value is -1.21. The van der Waals surface area contributed by atoms with Crippen LogP contribution in [0.15, 0.2) is 29.2 Å². The third-order valence-corrected chi connectivity index (χ3v) is 3.90. The number of rotatable bonds is 6. The minimum Gasteiger partial charge on any atom is -0.394 e. The minimum absolute atomic E-state index is 0.0619. The number of aliphatic hydroxyl groups excluding tert-OH is 1. The molecule has 1 unspecified atom stereocenters. The molecule has 4 nitrogen and oxygen atoms in total. The van der Waals surface area contributed by atoms with Crippen molar-refractivity contribution in [1.82, 2.24) is 0 Å². The van der Waals surface area contributed by atoms with Crippen LogP contribution in [-0.2, 0) is 9.84 Å². The summed E-state index contributed by atoms with van der Waals surface area (Å²) in [5, 5.41) is 11.9. The molecule has 2 N–H and O–H groups in total. The molecule has 18 heavy (non-hydrogen) atoms. The van der Waals surface area contributed by atoms with Gasteiger partial charge in [-0.15, -0.1) is 0 Å². The molecule has 0 aliphatic heterocycles. The first-order chi connectivity index (χ1) is 8.41. The number of alkyl halides is 2. The zero-order valence-corrected chi connectivity index (χ0v) is 10.6. The highest BCUT2D eigenvalue weighted by Gasteiger charge is 2.26. The van der Waals surface area contributed by atoms with Gasteiger partial charge in [-0.2, -0.15) is 8.78 Å². The zero-order chi connectivity index (χ0) is 13.8. The summed E-state index contributed by atoms with van der Waals surface area (Å²) in [5.74, 6) is -3.42. The van der Waals surface area contributed by atoms with E-state index in [4.69, 9.17) is 5.11 Å². The molecule has 0 bridgehead atoms. The fraction of sp³-hybridized carbons (Fsp3) is 0.455. The Labute approximate surface area is 105 Å². The van der Waals surface area contributed by atoms with Crippen molar-refractivity contribution in [3.05, 3.63) is 24.3 Å². The molecule has 1 atom stereocenters. The van der Waals surface area contributed by atoms with E-state index >= 15 is 0 Å². The standard InChI is InChI=1S/C11H15F2NO3S/c1-2-8(7-15)14-9-3-5-10(6-4-9)18(16,17)11(12)13/h3-6,8,11,14-15H,2,7H2,1H3. The van der Waals surface area contributed by atoms with Gasteiger partial charge in [0.25, 0.3) is 0 Å². The number of hydrogen-bond acceptors (Lipinski definition) is 4. The van der Waals surface area contributed by atoms with E-state index < -0.39 is 20.5 Å². The summed E-state index contributed by atoms with van der Waals surface area (Å²) in [4.78, 5) is -0.417. The van der Waals surface area contributed by atoms with Crippen LogP contribution in [0, 0.1) is 0 Å². The third kappa shape index (κ3) is 3.39. The molecule has 7 heteroatoms. The van der Waals surface area contributed by atoms with Crippen LogP contribution in [0.25, 0.3) is 0 Å². The van der Waals surface area contributed by atoms with E-state index in [2.05, 4.69) is 5.32 Å².